The Labute approximate surface area is 140 Å². The third kappa shape index (κ3) is 7.71. The quantitative estimate of drug-likeness (QED) is 0.827. The van der Waals surface area contributed by atoms with Crippen molar-refractivity contribution >= 4 is 12.0 Å². The van der Waals surface area contributed by atoms with Gasteiger partial charge in [0.05, 0.1) is 5.92 Å². The maximum atomic E-state index is 12.7. The molecule has 23 heavy (non-hydrogen) atoms. The fourth-order valence-corrected chi connectivity index (χ4v) is 3.10. The summed E-state index contributed by atoms with van der Waals surface area (Å²) in [5.41, 5.74) is 0.0904. The van der Waals surface area contributed by atoms with Crippen LogP contribution in [0.4, 0.5) is 4.79 Å². The second-order valence-electron chi connectivity index (χ2n) is 9.31. The molecule has 0 unspecified atom stereocenters. The van der Waals surface area contributed by atoms with Crippen LogP contribution in [0.1, 0.15) is 67.2 Å². The molecule has 0 aliphatic heterocycles. The highest BCUT2D eigenvalue weighted by Gasteiger charge is 2.30. The van der Waals surface area contributed by atoms with Crippen LogP contribution in [0.25, 0.3) is 0 Å². The monoisotopic (exact) mass is 326 g/mol. The zero-order valence-electron chi connectivity index (χ0n) is 15.6. The number of hydrogen-bond acceptors (Lipinski definition) is 2. The van der Waals surface area contributed by atoms with Crippen molar-refractivity contribution in [3.63, 3.8) is 0 Å². The lowest BCUT2D eigenvalue weighted by molar-refractivity contribution is -0.142. The van der Waals surface area contributed by atoms with E-state index in [-0.39, 0.29) is 28.8 Å². The van der Waals surface area contributed by atoms with Crippen LogP contribution in [0, 0.1) is 16.7 Å². The van der Waals surface area contributed by atoms with Crippen LogP contribution in [-0.4, -0.2) is 41.1 Å². The number of carbonyl (C=O) groups is 2. The van der Waals surface area contributed by atoms with Crippen LogP contribution in [0.2, 0.25) is 0 Å². The van der Waals surface area contributed by atoms with Crippen LogP contribution in [0.3, 0.4) is 0 Å². The van der Waals surface area contributed by atoms with Crippen molar-refractivity contribution in [3.8, 4) is 0 Å². The predicted octanol–water partition coefficient (Wildman–Crippen LogP) is 3.73. The Morgan fingerprint density at radius 3 is 1.74 bits per heavy atom. The van der Waals surface area contributed by atoms with E-state index in [0.29, 0.717) is 25.9 Å². The number of nitrogens with zero attached hydrogens (tertiary/aromatic N) is 1. The van der Waals surface area contributed by atoms with Gasteiger partial charge in [-0.25, -0.2) is 4.79 Å². The molecular weight excluding hydrogens is 292 g/mol. The number of nitrogens with one attached hydrogen (secondary N) is 1. The lowest BCUT2D eigenvalue weighted by Crippen LogP contribution is -2.50. The zero-order valence-corrected chi connectivity index (χ0v) is 15.6. The Kier molecular flexibility index (Phi) is 6.49. The molecule has 0 spiro atoms. The third-order valence-electron chi connectivity index (χ3n) is 4.02. The molecule has 1 saturated carbocycles. The molecule has 0 atom stereocenters. The van der Waals surface area contributed by atoms with E-state index in [1.165, 1.54) is 0 Å². The molecule has 5 nitrogen and oxygen atoms in total. The summed E-state index contributed by atoms with van der Waals surface area (Å²) in [6, 6.07) is 0.0779. The minimum atomic E-state index is -0.711. The number of hydrogen-bond donors (Lipinski definition) is 2. The molecule has 5 heteroatoms. The number of amides is 2. The number of carboxylic acid groups (broad SMARTS) is 1. The molecule has 1 rings (SSSR count). The number of carbonyl (C=O) groups excluding carboxylic acids is 1. The topological polar surface area (TPSA) is 69.6 Å². The summed E-state index contributed by atoms with van der Waals surface area (Å²) < 4.78 is 0. The SMILES string of the molecule is CC(C)(C)CN(CC(C)(C)C)C(=O)NC1CCC(C(=O)O)CC1. The maximum absolute atomic E-state index is 12.7. The molecule has 1 fully saturated rings. The first-order valence-corrected chi connectivity index (χ1v) is 8.66. The fourth-order valence-electron chi connectivity index (χ4n) is 3.10. The molecule has 0 heterocycles. The van der Waals surface area contributed by atoms with E-state index in [2.05, 4.69) is 46.9 Å². The summed E-state index contributed by atoms with van der Waals surface area (Å²) in [7, 11) is 0. The van der Waals surface area contributed by atoms with Gasteiger partial charge in [0.25, 0.3) is 0 Å². The normalized spacial score (nSPS) is 22.5. The third-order valence-corrected chi connectivity index (χ3v) is 4.02. The lowest BCUT2D eigenvalue weighted by atomic mass is 9.86. The van der Waals surface area contributed by atoms with Gasteiger partial charge in [0, 0.05) is 19.1 Å². The molecule has 134 valence electrons. The maximum Gasteiger partial charge on any atom is 0.317 e. The minimum Gasteiger partial charge on any atom is -0.481 e. The Morgan fingerprint density at radius 1 is 0.957 bits per heavy atom. The summed E-state index contributed by atoms with van der Waals surface area (Å²) in [5, 5.41) is 12.2. The molecule has 2 N–H and O–H groups in total. The van der Waals surface area contributed by atoms with Gasteiger partial charge < -0.3 is 15.3 Å². The Bertz CT molecular complexity index is 397. The van der Waals surface area contributed by atoms with Crippen LogP contribution in [-0.2, 0) is 4.79 Å². The van der Waals surface area contributed by atoms with Crippen LogP contribution in [0.15, 0.2) is 0 Å². The molecule has 0 aromatic carbocycles. The highest BCUT2D eigenvalue weighted by Crippen LogP contribution is 2.25. The summed E-state index contributed by atoms with van der Waals surface area (Å²) >= 11 is 0. The molecule has 0 aromatic heterocycles. The summed E-state index contributed by atoms with van der Waals surface area (Å²) in [5.74, 6) is -0.958. The first-order valence-electron chi connectivity index (χ1n) is 8.66. The smallest absolute Gasteiger partial charge is 0.317 e. The van der Waals surface area contributed by atoms with Crippen molar-refractivity contribution in [2.45, 2.75) is 73.3 Å². The minimum absolute atomic E-state index is 0.0198. The van der Waals surface area contributed by atoms with E-state index < -0.39 is 5.97 Å². The van der Waals surface area contributed by atoms with Crippen molar-refractivity contribution < 1.29 is 14.7 Å². The van der Waals surface area contributed by atoms with Gasteiger partial charge in [0.15, 0.2) is 0 Å². The summed E-state index contributed by atoms with van der Waals surface area (Å²) in [6.45, 7) is 14.2. The van der Waals surface area contributed by atoms with Crippen molar-refractivity contribution in [1.29, 1.82) is 0 Å². The first kappa shape index (κ1) is 19.8. The zero-order chi connectivity index (χ0) is 17.8. The van der Waals surface area contributed by atoms with Crippen molar-refractivity contribution in [1.82, 2.24) is 10.2 Å². The van der Waals surface area contributed by atoms with E-state index >= 15 is 0 Å². The standard InChI is InChI=1S/C18H34N2O3/c1-17(2,3)11-20(12-18(4,5)6)16(23)19-14-9-7-13(8-10-14)15(21)22/h13-14H,7-12H2,1-6H3,(H,19,23)(H,21,22). The Morgan fingerprint density at radius 2 is 1.39 bits per heavy atom. The van der Waals surface area contributed by atoms with Crippen LogP contribution >= 0.6 is 0 Å². The summed E-state index contributed by atoms with van der Waals surface area (Å²) in [4.78, 5) is 25.6. The Hall–Kier alpha value is -1.26. The van der Waals surface area contributed by atoms with Crippen molar-refractivity contribution in [3.05, 3.63) is 0 Å². The highest BCUT2D eigenvalue weighted by atomic mass is 16.4. The van der Waals surface area contributed by atoms with Crippen LogP contribution < -0.4 is 5.32 Å². The van der Waals surface area contributed by atoms with Gasteiger partial charge in [-0.1, -0.05) is 41.5 Å². The largest absolute Gasteiger partial charge is 0.481 e. The predicted molar refractivity (Wildman–Crippen MR) is 92.4 cm³/mol. The molecule has 0 radical (unpaired) electrons. The van der Waals surface area contributed by atoms with E-state index in [1.807, 2.05) is 4.90 Å². The van der Waals surface area contributed by atoms with E-state index in [0.717, 1.165) is 12.8 Å². The molecule has 1 aliphatic rings. The number of aliphatic carboxylic acids is 1. The first-order chi connectivity index (χ1) is 10.4. The molecule has 1 aliphatic carbocycles. The molecule has 0 aromatic rings. The van der Waals surface area contributed by atoms with Gasteiger partial charge in [-0.2, -0.15) is 0 Å². The van der Waals surface area contributed by atoms with Gasteiger partial charge in [0.1, 0.15) is 0 Å². The number of urea groups is 1. The number of rotatable bonds is 4. The molecule has 0 saturated heterocycles. The number of carboxylic acids is 1. The van der Waals surface area contributed by atoms with Gasteiger partial charge in [-0.3, -0.25) is 4.79 Å². The van der Waals surface area contributed by atoms with Crippen molar-refractivity contribution in [2.24, 2.45) is 16.7 Å². The fraction of sp³-hybridized carbons (Fsp3) is 0.889. The van der Waals surface area contributed by atoms with E-state index in [9.17, 15) is 9.59 Å². The summed E-state index contributed by atoms with van der Waals surface area (Å²) in [6.07, 6.45) is 2.81. The lowest BCUT2D eigenvalue weighted by Gasteiger charge is -2.36. The van der Waals surface area contributed by atoms with Crippen LogP contribution in [0.5, 0.6) is 0 Å². The van der Waals surface area contributed by atoms with Gasteiger partial charge in [-0.15, -0.1) is 0 Å². The molecule has 2 amide bonds. The van der Waals surface area contributed by atoms with Gasteiger partial charge in [0.2, 0.25) is 0 Å². The molecular formula is C18H34N2O3. The molecule has 0 bridgehead atoms. The van der Waals surface area contributed by atoms with Gasteiger partial charge >= 0.3 is 12.0 Å². The highest BCUT2D eigenvalue weighted by molar-refractivity contribution is 5.75. The van der Waals surface area contributed by atoms with E-state index in [4.69, 9.17) is 5.11 Å². The van der Waals surface area contributed by atoms with Gasteiger partial charge in [-0.05, 0) is 36.5 Å². The Balaban J connectivity index is 2.62. The van der Waals surface area contributed by atoms with E-state index in [1.54, 1.807) is 0 Å². The second-order valence-corrected chi connectivity index (χ2v) is 9.31. The average molecular weight is 326 g/mol. The average Bonchev–Trinajstić information content (AvgIpc) is 2.35. The van der Waals surface area contributed by atoms with Crippen molar-refractivity contribution in [2.75, 3.05) is 13.1 Å². The second kappa shape index (κ2) is 7.54.